The maximum atomic E-state index is 12.7. The predicted octanol–water partition coefficient (Wildman–Crippen LogP) is 0.200. The molecule has 0 spiro atoms. The van der Waals surface area contributed by atoms with E-state index in [1.165, 1.54) is 12.1 Å². The first kappa shape index (κ1) is 12.7. The summed E-state index contributed by atoms with van der Waals surface area (Å²) in [5.74, 6) is -1.47. The molecule has 1 fully saturated rings. The lowest BCUT2D eigenvalue weighted by Crippen LogP contribution is -2.59. The third kappa shape index (κ3) is 2.91. The molecule has 1 heterocycles. The van der Waals surface area contributed by atoms with Crippen LogP contribution in [0.4, 0.5) is 4.39 Å². The van der Waals surface area contributed by atoms with Gasteiger partial charge in [0.1, 0.15) is 5.82 Å². The molecule has 0 bridgehead atoms. The van der Waals surface area contributed by atoms with Gasteiger partial charge in [-0.05, 0) is 24.3 Å². The van der Waals surface area contributed by atoms with Crippen molar-refractivity contribution in [1.82, 2.24) is 5.32 Å². The van der Waals surface area contributed by atoms with E-state index in [9.17, 15) is 14.0 Å². The third-order valence-corrected chi connectivity index (χ3v) is 2.65. The molecule has 0 radical (unpaired) electrons. The van der Waals surface area contributed by atoms with E-state index in [-0.39, 0.29) is 12.0 Å². The SMILES string of the molecule is NC1(CC(=O)NC(=O)c2ccc(F)cc2)COC1. The third-order valence-electron chi connectivity index (χ3n) is 2.65. The number of carbonyl (C=O) groups is 2. The van der Waals surface area contributed by atoms with Gasteiger partial charge in [0.25, 0.3) is 5.91 Å². The summed E-state index contributed by atoms with van der Waals surface area (Å²) in [4.78, 5) is 23.2. The van der Waals surface area contributed by atoms with E-state index in [1.54, 1.807) is 0 Å². The van der Waals surface area contributed by atoms with E-state index >= 15 is 0 Å². The van der Waals surface area contributed by atoms with E-state index in [2.05, 4.69) is 5.32 Å². The van der Waals surface area contributed by atoms with Crippen LogP contribution in [-0.2, 0) is 9.53 Å². The fourth-order valence-corrected chi connectivity index (χ4v) is 1.63. The minimum atomic E-state index is -0.673. The van der Waals surface area contributed by atoms with Crippen molar-refractivity contribution < 1.29 is 18.7 Å². The van der Waals surface area contributed by atoms with E-state index in [1.807, 2.05) is 0 Å². The molecule has 96 valence electrons. The van der Waals surface area contributed by atoms with Crippen molar-refractivity contribution >= 4 is 11.8 Å². The quantitative estimate of drug-likeness (QED) is 0.805. The molecule has 2 amide bonds. The van der Waals surface area contributed by atoms with Crippen molar-refractivity contribution in [3.8, 4) is 0 Å². The van der Waals surface area contributed by atoms with Crippen LogP contribution in [0.2, 0.25) is 0 Å². The zero-order valence-electron chi connectivity index (χ0n) is 9.61. The topological polar surface area (TPSA) is 81.4 Å². The molecule has 2 rings (SSSR count). The van der Waals surface area contributed by atoms with Gasteiger partial charge < -0.3 is 10.5 Å². The van der Waals surface area contributed by atoms with Gasteiger partial charge in [-0.15, -0.1) is 0 Å². The second-order valence-corrected chi connectivity index (χ2v) is 4.42. The Labute approximate surface area is 103 Å². The van der Waals surface area contributed by atoms with E-state index in [0.717, 1.165) is 12.1 Å². The number of imide groups is 1. The molecule has 18 heavy (non-hydrogen) atoms. The fourth-order valence-electron chi connectivity index (χ4n) is 1.63. The number of benzene rings is 1. The lowest BCUT2D eigenvalue weighted by atomic mass is 9.94. The standard InChI is InChI=1S/C12H13FN2O3/c13-9-3-1-8(2-4-9)11(17)15-10(16)5-12(14)6-18-7-12/h1-4H,5-7,14H2,(H,15,16,17). The van der Waals surface area contributed by atoms with E-state index in [0.29, 0.717) is 13.2 Å². The van der Waals surface area contributed by atoms with Gasteiger partial charge in [-0.2, -0.15) is 0 Å². The van der Waals surface area contributed by atoms with Crippen LogP contribution in [0.5, 0.6) is 0 Å². The fraction of sp³-hybridized carbons (Fsp3) is 0.333. The molecular weight excluding hydrogens is 239 g/mol. The number of carbonyl (C=O) groups excluding carboxylic acids is 2. The second-order valence-electron chi connectivity index (χ2n) is 4.42. The summed E-state index contributed by atoms with van der Waals surface area (Å²) >= 11 is 0. The van der Waals surface area contributed by atoms with Crippen LogP contribution in [0, 0.1) is 5.82 Å². The van der Waals surface area contributed by atoms with Crippen molar-refractivity contribution in [3.05, 3.63) is 35.6 Å². The van der Waals surface area contributed by atoms with Crippen LogP contribution in [0.3, 0.4) is 0 Å². The largest absolute Gasteiger partial charge is 0.377 e. The smallest absolute Gasteiger partial charge is 0.257 e. The Morgan fingerprint density at radius 3 is 2.44 bits per heavy atom. The number of hydrogen-bond acceptors (Lipinski definition) is 4. The van der Waals surface area contributed by atoms with Crippen molar-refractivity contribution in [2.75, 3.05) is 13.2 Å². The summed E-state index contributed by atoms with van der Waals surface area (Å²) in [5, 5.41) is 2.20. The molecule has 0 saturated carbocycles. The molecule has 3 N–H and O–H groups in total. The Hall–Kier alpha value is -1.79. The highest BCUT2D eigenvalue weighted by Gasteiger charge is 2.36. The predicted molar refractivity (Wildman–Crippen MR) is 61.2 cm³/mol. The highest BCUT2D eigenvalue weighted by atomic mass is 19.1. The first-order valence-electron chi connectivity index (χ1n) is 5.45. The van der Waals surface area contributed by atoms with Gasteiger partial charge in [0, 0.05) is 12.0 Å². The summed E-state index contributed by atoms with van der Waals surface area (Å²) in [6.07, 6.45) is 0.0277. The zero-order valence-corrected chi connectivity index (χ0v) is 9.61. The second kappa shape index (κ2) is 4.83. The minimum absolute atomic E-state index is 0.0277. The van der Waals surface area contributed by atoms with Crippen molar-refractivity contribution in [1.29, 1.82) is 0 Å². The molecule has 5 nitrogen and oxygen atoms in total. The molecule has 1 aromatic carbocycles. The maximum absolute atomic E-state index is 12.7. The van der Waals surface area contributed by atoms with Gasteiger partial charge in [0.15, 0.2) is 0 Å². The van der Waals surface area contributed by atoms with Crippen LogP contribution in [0.25, 0.3) is 0 Å². The van der Waals surface area contributed by atoms with Gasteiger partial charge in [-0.3, -0.25) is 14.9 Å². The highest BCUT2D eigenvalue weighted by Crippen LogP contribution is 2.17. The van der Waals surface area contributed by atoms with Crippen LogP contribution in [0.1, 0.15) is 16.8 Å². The maximum Gasteiger partial charge on any atom is 0.257 e. The van der Waals surface area contributed by atoms with Crippen molar-refractivity contribution in [3.63, 3.8) is 0 Å². The lowest BCUT2D eigenvalue weighted by Gasteiger charge is -2.36. The first-order chi connectivity index (χ1) is 8.48. The van der Waals surface area contributed by atoms with Crippen molar-refractivity contribution in [2.45, 2.75) is 12.0 Å². The van der Waals surface area contributed by atoms with Gasteiger partial charge >= 0.3 is 0 Å². The normalized spacial score (nSPS) is 16.8. The lowest BCUT2D eigenvalue weighted by molar-refractivity contribution is -0.127. The minimum Gasteiger partial charge on any atom is -0.377 e. The number of hydrogen-bond donors (Lipinski definition) is 2. The van der Waals surface area contributed by atoms with Gasteiger partial charge in [-0.1, -0.05) is 0 Å². The van der Waals surface area contributed by atoms with Gasteiger partial charge in [0.2, 0.25) is 5.91 Å². The molecule has 1 aliphatic heterocycles. The number of amides is 2. The number of halogens is 1. The number of ether oxygens (including phenoxy) is 1. The Morgan fingerprint density at radius 2 is 1.94 bits per heavy atom. The summed E-state index contributed by atoms with van der Waals surface area (Å²) in [6.45, 7) is 0.621. The summed E-state index contributed by atoms with van der Waals surface area (Å²) < 4.78 is 17.6. The molecule has 1 aliphatic rings. The Balaban J connectivity index is 1.90. The molecule has 1 aromatic rings. The molecule has 0 aromatic heterocycles. The first-order valence-corrected chi connectivity index (χ1v) is 5.45. The van der Waals surface area contributed by atoms with Gasteiger partial charge in [0.05, 0.1) is 18.8 Å². The molecule has 6 heteroatoms. The average Bonchev–Trinajstić information content (AvgIpc) is 2.27. The molecule has 0 atom stereocenters. The highest BCUT2D eigenvalue weighted by molar-refractivity contribution is 6.04. The molecule has 0 unspecified atom stereocenters. The Kier molecular flexibility index (Phi) is 3.40. The Bertz CT molecular complexity index is 469. The van der Waals surface area contributed by atoms with Gasteiger partial charge in [-0.25, -0.2) is 4.39 Å². The zero-order chi connectivity index (χ0) is 13.2. The number of nitrogens with two attached hydrogens (primary N) is 1. The van der Waals surface area contributed by atoms with Crippen molar-refractivity contribution in [2.24, 2.45) is 5.73 Å². The molecular formula is C12H13FN2O3. The van der Waals surface area contributed by atoms with E-state index < -0.39 is 23.2 Å². The summed E-state index contributed by atoms with van der Waals surface area (Å²) in [6, 6.07) is 4.93. The Morgan fingerprint density at radius 1 is 1.33 bits per heavy atom. The molecule has 0 aliphatic carbocycles. The van der Waals surface area contributed by atoms with Crippen LogP contribution in [0.15, 0.2) is 24.3 Å². The van der Waals surface area contributed by atoms with Crippen LogP contribution >= 0.6 is 0 Å². The number of nitrogens with one attached hydrogen (secondary N) is 1. The monoisotopic (exact) mass is 252 g/mol. The van der Waals surface area contributed by atoms with Crippen LogP contribution < -0.4 is 11.1 Å². The molecule has 1 saturated heterocycles. The summed E-state index contributed by atoms with van der Waals surface area (Å²) in [5.41, 5.74) is 5.34. The number of rotatable bonds is 3. The van der Waals surface area contributed by atoms with E-state index in [4.69, 9.17) is 10.5 Å². The average molecular weight is 252 g/mol. The van der Waals surface area contributed by atoms with Crippen LogP contribution in [-0.4, -0.2) is 30.6 Å². The summed E-state index contributed by atoms with van der Waals surface area (Å²) in [7, 11) is 0.